The standard InChI is InChI=1S/C16H16ClFO/c1-11(2)13-5-3-4-6-16(13)19-10-12-7-8-15(18)14(17)9-12/h3-9,11H,10H2,1-2H3. The van der Waals surface area contributed by atoms with Crippen LogP contribution in [0.3, 0.4) is 0 Å². The van der Waals surface area contributed by atoms with Crippen LogP contribution in [-0.4, -0.2) is 0 Å². The first-order valence-electron chi connectivity index (χ1n) is 6.23. The molecule has 0 fully saturated rings. The predicted molar refractivity (Wildman–Crippen MR) is 76.3 cm³/mol. The van der Waals surface area contributed by atoms with Gasteiger partial charge in [0.15, 0.2) is 0 Å². The zero-order valence-electron chi connectivity index (χ0n) is 11.0. The highest BCUT2D eigenvalue weighted by molar-refractivity contribution is 6.30. The summed E-state index contributed by atoms with van der Waals surface area (Å²) < 4.78 is 18.9. The third-order valence-electron chi connectivity index (χ3n) is 2.92. The molecule has 0 aliphatic rings. The highest BCUT2D eigenvalue weighted by Gasteiger charge is 2.07. The fourth-order valence-corrected chi connectivity index (χ4v) is 2.08. The molecule has 2 rings (SSSR count). The van der Waals surface area contributed by atoms with Gasteiger partial charge in [0.2, 0.25) is 0 Å². The highest BCUT2D eigenvalue weighted by Crippen LogP contribution is 2.27. The first-order chi connectivity index (χ1) is 9.08. The quantitative estimate of drug-likeness (QED) is 0.748. The van der Waals surface area contributed by atoms with Gasteiger partial charge in [-0.25, -0.2) is 4.39 Å². The van der Waals surface area contributed by atoms with Crippen LogP contribution in [0.25, 0.3) is 0 Å². The van der Waals surface area contributed by atoms with Gasteiger partial charge in [-0.3, -0.25) is 0 Å². The largest absolute Gasteiger partial charge is 0.489 e. The van der Waals surface area contributed by atoms with Crippen LogP contribution in [-0.2, 0) is 6.61 Å². The molecule has 0 aliphatic carbocycles. The molecule has 0 spiro atoms. The highest BCUT2D eigenvalue weighted by atomic mass is 35.5. The zero-order valence-corrected chi connectivity index (χ0v) is 11.7. The van der Waals surface area contributed by atoms with Crippen LogP contribution >= 0.6 is 11.6 Å². The molecule has 0 heterocycles. The van der Waals surface area contributed by atoms with E-state index in [1.54, 1.807) is 12.1 Å². The summed E-state index contributed by atoms with van der Waals surface area (Å²) in [5.41, 5.74) is 2.01. The maximum atomic E-state index is 13.1. The summed E-state index contributed by atoms with van der Waals surface area (Å²) in [5, 5.41) is 0.123. The molecule has 19 heavy (non-hydrogen) atoms. The smallest absolute Gasteiger partial charge is 0.141 e. The molecule has 0 bridgehead atoms. The third kappa shape index (κ3) is 3.48. The Morgan fingerprint density at radius 3 is 2.58 bits per heavy atom. The Kier molecular flexibility index (Phi) is 4.43. The molecule has 0 aliphatic heterocycles. The van der Waals surface area contributed by atoms with Crippen molar-refractivity contribution in [1.82, 2.24) is 0 Å². The van der Waals surface area contributed by atoms with E-state index in [1.807, 2.05) is 18.2 Å². The van der Waals surface area contributed by atoms with Crippen LogP contribution in [0.5, 0.6) is 5.75 Å². The number of hydrogen-bond acceptors (Lipinski definition) is 1. The zero-order chi connectivity index (χ0) is 13.8. The van der Waals surface area contributed by atoms with Crippen LogP contribution in [0.15, 0.2) is 42.5 Å². The van der Waals surface area contributed by atoms with Crippen molar-refractivity contribution >= 4 is 11.6 Å². The van der Waals surface area contributed by atoms with Gasteiger partial charge in [-0.05, 0) is 35.2 Å². The Balaban J connectivity index is 2.12. The molecular weight excluding hydrogens is 263 g/mol. The van der Waals surface area contributed by atoms with E-state index in [1.165, 1.54) is 6.07 Å². The van der Waals surface area contributed by atoms with Gasteiger partial charge in [-0.1, -0.05) is 49.7 Å². The average molecular weight is 279 g/mol. The second-order valence-electron chi connectivity index (χ2n) is 4.73. The van der Waals surface area contributed by atoms with E-state index in [9.17, 15) is 4.39 Å². The molecule has 0 N–H and O–H groups in total. The maximum Gasteiger partial charge on any atom is 0.141 e. The minimum absolute atomic E-state index is 0.123. The minimum atomic E-state index is -0.409. The molecule has 0 radical (unpaired) electrons. The van der Waals surface area contributed by atoms with E-state index in [4.69, 9.17) is 16.3 Å². The van der Waals surface area contributed by atoms with Gasteiger partial charge in [-0.15, -0.1) is 0 Å². The van der Waals surface area contributed by atoms with Gasteiger partial charge in [0.25, 0.3) is 0 Å². The molecule has 0 aromatic heterocycles. The lowest BCUT2D eigenvalue weighted by molar-refractivity contribution is 0.301. The van der Waals surface area contributed by atoms with Crippen LogP contribution in [0, 0.1) is 5.82 Å². The number of rotatable bonds is 4. The van der Waals surface area contributed by atoms with Gasteiger partial charge >= 0.3 is 0 Å². The normalized spacial score (nSPS) is 10.8. The molecular formula is C16H16ClFO. The van der Waals surface area contributed by atoms with Crippen LogP contribution in [0.2, 0.25) is 5.02 Å². The number of hydrogen-bond donors (Lipinski definition) is 0. The lowest BCUT2D eigenvalue weighted by Gasteiger charge is -2.14. The summed E-state index contributed by atoms with van der Waals surface area (Å²) in [6.45, 7) is 4.62. The fourth-order valence-electron chi connectivity index (χ4n) is 1.88. The fraction of sp³-hybridized carbons (Fsp3) is 0.250. The topological polar surface area (TPSA) is 9.23 Å². The minimum Gasteiger partial charge on any atom is -0.489 e. The van der Waals surface area contributed by atoms with Crippen molar-refractivity contribution in [1.29, 1.82) is 0 Å². The molecule has 2 aromatic rings. The molecule has 0 saturated carbocycles. The van der Waals surface area contributed by atoms with Crippen LogP contribution < -0.4 is 4.74 Å². The lowest BCUT2D eigenvalue weighted by atomic mass is 10.0. The van der Waals surface area contributed by atoms with Crippen molar-refractivity contribution in [2.45, 2.75) is 26.4 Å². The van der Waals surface area contributed by atoms with E-state index in [2.05, 4.69) is 19.9 Å². The summed E-state index contributed by atoms with van der Waals surface area (Å²) in [6, 6.07) is 12.6. The Bertz CT molecular complexity index is 566. The van der Waals surface area contributed by atoms with Crippen molar-refractivity contribution < 1.29 is 9.13 Å². The van der Waals surface area contributed by atoms with Crippen molar-refractivity contribution in [2.24, 2.45) is 0 Å². The summed E-state index contributed by atoms with van der Waals surface area (Å²) in [4.78, 5) is 0. The van der Waals surface area contributed by atoms with Gasteiger partial charge in [0.1, 0.15) is 18.2 Å². The second-order valence-corrected chi connectivity index (χ2v) is 5.14. The predicted octanol–water partition coefficient (Wildman–Crippen LogP) is 5.18. The van der Waals surface area contributed by atoms with Crippen LogP contribution in [0.1, 0.15) is 30.9 Å². The Labute approximate surface area is 118 Å². The second kappa shape index (κ2) is 6.07. The Hall–Kier alpha value is -1.54. The molecule has 0 amide bonds. The molecule has 2 aromatic carbocycles. The van der Waals surface area contributed by atoms with E-state index in [0.29, 0.717) is 12.5 Å². The summed E-state index contributed by atoms with van der Waals surface area (Å²) in [5.74, 6) is 0.846. The Morgan fingerprint density at radius 2 is 1.89 bits per heavy atom. The van der Waals surface area contributed by atoms with Gasteiger partial charge < -0.3 is 4.74 Å². The lowest BCUT2D eigenvalue weighted by Crippen LogP contribution is -2.00. The van der Waals surface area contributed by atoms with Gasteiger partial charge in [-0.2, -0.15) is 0 Å². The average Bonchev–Trinajstić information content (AvgIpc) is 2.40. The van der Waals surface area contributed by atoms with E-state index in [0.717, 1.165) is 16.9 Å². The first kappa shape index (κ1) is 13.9. The SMILES string of the molecule is CC(C)c1ccccc1OCc1ccc(F)c(Cl)c1. The van der Waals surface area contributed by atoms with Crippen molar-refractivity contribution in [3.63, 3.8) is 0 Å². The molecule has 3 heteroatoms. The van der Waals surface area contributed by atoms with Crippen LogP contribution in [0.4, 0.5) is 4.39 Å². The molecule has 0 unspecified atom stereocenters. The van der Waals surface area contributed by atoms with Crippen molar-refractivity contribution in [3.8, 4) is 5.75 Å². The number of halogens is 2. The number of para-hydroxylation sites is 1. The van der Waals surface area contributed by atoms with E-state index in [-0.39, 0.29) is 5.02 Å². The molecule has 1 nitrogen and oxygen atoms in total. The number of ether oxygens (including phenoxy) is 1. The van der Waals surface area contributed by atoms with Crippen molar-refractivity contribution in [3.05, 3.63) is 64.4 Å². The van der Waals surface area contributed by atoms with Crippen molar-refractivity contribution in [2.75, 3.05) is 0 Å². The maximum absolute atomic E-state index is 13.1. The Morgan fingerprint density at radius 1 is 1.16 bits per heavy atom. The number of benzene rings is 2. The summed E-state index contributed by atoms with van der Waals surface area (Å²) in [7, 11) is 0. The molecule has 0 atom stereocenters. The van der Waals surface area contributed by atoms with Gasteiger partial charge in [0.05, 0.1) is 5.02 Å². The third-order valence-corrected chi connectivity index (χ3v) is 3.21. The first-order valence-corrected chi connectivity index (χ1v) is 6.61. The molecule has 0 saturated heterocycles. The summed E-state index contributed by atoms with van der Waals surface area (Å²) in [6.07, 6.45) is 0. The molecule has 100 valence electrons. The monoisotopic (exact) mass is 278 g/mol. The van der Waals surface area contributed by atoms with E-state index < -0.39 is 5.82 Å². The van der Waals surface area contributed by atoms with E-state index >= 15 is 0 Å². The van der Waals surface area contributed by atoms with Gasteiger partial charge in [0, 0.05) is 0 Å². The summed E-state index contributed by atoms with van der Waals surface area (Å²) >= 11 is 5.75.